The van der Waals surface area contributed by atoms with E-state index >= 15 is 0 Å². The lowest BCUT2D eigenvalue weighted by molar-refractivity contribution is -0.128. The predicted molar refractivity (Wildman–Crippen MR) is 107 cm³/mol. The van der Waals surface area contributed by atoms with Crippen LogP contribution in [0.1, 0.15) is 38.1 Å². The molecule has 28 heavy (non-hydrogen) atoms. The molecule has 1 aromatic heterocycles. The third-order valence-corrected chi connectivity index (χ3v) is 5.90. The SMILES string of the molecule is C=CC(=O)N1CC2CCC(C1)C2Nc1cnc2c(n1)C(C(=O)NC(C)C)=CC2. The van der Waals surface area contributed by atoms with Crippen LogP contribution in [0.25, 0.3) is 5.57 Å². The number of carbonyl (C=O) groups excluding carboxylic acids is 2. The summed E-state index contributed by atoms with van der Waals surface area (Å²) in [5, 5.41) is 6.48. The smallest absolute Gasteiger partial charge is 0.253 e. The van der Waals surface area contributed by atoms with Crippen molar-refractivity contribution < 1.29 is 9.59 Å². The van der Waals surface area contributed by atoms with Gasteiger partial charge in [0, 0.05) is 31.6 Å². The lowest BCUT2D eigenvalue weighted by atomic mass is 9.92. The van der Waals surface area contributed by atoms with Crippen LogP contribution in [0.3, 0.4) is 0 Å². The van der Waals surface area contributed by atoms with Gasteiger partial charge in [-0.15, -0.1) is 0 Å². The molecule has 7 nitrogen and oxygen atoms in total. The van der Waals surface area contributed by atoms with Crippen molar-refractivity contribution in [1.29, 1.82) is 0 Å². The second-order valence-electron chi connectivity index (χ2n) is 8.22. The van der Waals surface area contributed by atoms with Crippen LogP contribution in [-0.2, 0) is 16.0 Å². The molecule has 2 amide bonds. The van der Waals surface area contributed by atoms with E-state index in [4.69, 9.17) is 4.98 Å². The summed E-state index contributed by atoms with van der Waals surface area (Å²) in [4.78, 5) is 35.6. The number of amides is 2. The average Bonchev–Trinajstić information content (AvgIpc) is 3.17. The number of nitrogens with zero attached hydrogens (tertiary/aromatic N) is 3. The van der Waals surface area contributed by atoms with E-state index in [2.05, 4.69) is 22.2 Å². The lowest BCUT2D eigenvalue weighted by Gasteiger charge is -2.38. The summed E-state index contributed by atoms with van der Waals surface area (Å²) in [6.07, 6.45) is 7.89. The number of carbonyl (C=O) groups is 2. The van der Waals surface area contributed by atoms with Crippen molar-refractivity contribution in [2.45, 2.75) is 45.2 Å². The molecule has 1 aliphatic heterocycles. The molecule has 4 rings (SSSR count). The van der Waals surface area contributed by atoms with Crippen LogP contribution in [-0.4, -0.2) is 51.9 Å². The Labute approximate surface area is 165 Å². The molecule has 2 atom stereocenters. The lowest BCUT2D eigenvalue weighted by Crippen LogP contribution is -2.49. The predicted octanol–water partition coefficient (Wildman–Crippen LogP) is 1.78. The van der Waals surface area contributed by atoms with E-state index in [1.54, 1.807) is 6.20 Å². The second-order valence-corrected chi connectivity index (χ2v) is 8.22. The fourth-order valence-corrected chi connectivity index (χ4v) is 4.62. The number of hydrogen-bond acceptors (Lipinski definition) is 5. The summed E-state index contributed by atoms with van der Waals surface area (Å²) in [6, 6.07) is 0.352. The Morgan fingerprint density at radius 3 is 2.64 bits per heavy atom. The Morgan fingerprint density at radius 2 is 2.00 bits per heavy atom. The molecule has 0 radical (unpaired) electrons. The van der Waals surface area contributed by atoms with E-state index in [0.29, 0.717) is 35.3 Å². The number of likely N-dealkylation sites (tertiary alicyclic amines) is 1. The van der Waals surface area contributed by atoms with Gasteiger partial charge in [-0.05, 0) is 44.6 Å². The molecule has 2 fully saturated rings. The molecule has 1 aromatic rings. The topological polar surface area (TPSA) is 87.2 Å². The highest BCUT2D eigenvalue weighted by Gasteiger charge is 2.43. The Balaban J connectivity index is 1.49. The highest BCUT2D eigenvalue weighted by atomic mass is 16.2. The Morgan fingerprint density at radius 1 is 1.29 bits per heavy atom. The fraction of sp³-hybridized carbons (Fsp3) is 0.524. The van der Waals surface area contributed by atoms with Gasteiger partial charge in [-0.3, -0.25) is 14.6 Å². The highest BCUT2D eigenvalue weighted by molar-refractivity contribution is 6.20. The summed E-state index contributed by atoms with van der Waals surface area (Å²) in [5.74, 6) is 1.42. The Kier molecular flexibility index (Phi) is 4.91. The standard InChI is InChI=1S/C21H27N5O2/c1-4-18(27)26-10-13-5-6-14(11-26)19(13)24-17-9-22-16-8-7-15(20(16)25-17)21(28)23-12(2)3/h4,7,9,12-14,19H,1,5-6,8,10-11H2,2-3H3,(H,23,28)(H,24,25). The molecule has 2 bridgehead atoms. The monoisotopic (exact) mass is 381 g/mol. The Bertz CT molecular complexity index is 833. The van der Waals surface area contributed by atoms with Gasteiger partial charge in [0.2, 0.25) is 5.91 Å². The van der Waals surface area contributed by atoms with Gasteiger partial charge in [0.25, 0.3) is 5.91 Å². The molecule has 1 saturated carbocycles. The molecule has 2 heterocycles. The first-order valence-electron chi connectivity index (χ1n) is 10.0. The molecule has 2 N–H and O–H groups in total. The van der Waals surface area contributed by atoms with Crippen molar-refractivity contribution in [1.82, 2.24) is 20.2 Å². The number of aromatic nitrogens is 2. The maximum absolute atomic E-state index is 12.4. The summed E-state index contributed by atoms with van der Waals surface area (Å²) in [5.41, 5.74) is 2.12. The normalized spacial score (nSPS) is 25.3. The van der Waals surface area contributed by atoms with Gasteiger partial charge in [0.05, 0.1) is 23.2 Å². The fourth-order valence-electron chi connectivity index (χ4n) is 4.62. The molecule has 3 aliphatic rings. The van der Waals surface area contributed by atoms with Crippen LogP contribution in [0.2, 0.25) is 0 Å². The van der Waals surface area contributed by atoms with E-state index in [1.807, 2.05) is 24.8 Å². The van der Waals surface area contributed by atoms with Crippen LogP contribution in [0, 0.1) is 11.8 Å². The molecule has 1 saturated heterocycles. The van der Waals surface area contributed by atoms with Gasteiger partial charge in [0.15, 0.2) is 0 Å². The second kappa shape index (κ2) is 7.37. The van der Waals surface area contributed by atoms with Crippen LogP contribution in [0.4, 0.5) is 5.82 Å². The van der Waals surface area contributed by atoms with Crippen LogP contribution in [0.5, 0.6) is 0 Å². The van der Waals surface area contributed by atoms with Gasteiger partial charge in [-0.25, -0.2) is 4.98 Å². The van der Waals surface area contributed by atoms with Gasteiger partial charge in [0.1, 0.15) is 5.82 Å². The summed E-state index contributed by atoms with van der Waals surface area (Å²) in [6.45, 7) is 8.98. The number of rotatable bonds is 5. The minimum absolute atomic E-state index is 0.0126. The van der Waals surface area contributed by atoms with Gasteiger partial charge in [-0.2, -0.15) is 0 Å². The first-order chi connectivity index (χ1) is 13.5. The maximum atomic E-state index is 12.4. The number of hydrogen-bond donors (Lipinski definition) is 2. The number of fused-ring (bicyclic) bond motifs is 3. The quantitative estimate of drug-likeness (QED) is 0.759. The third-order valence-electron chi connectivity index (χ3n) is 5.90. The third kappa shape index (κ3) is 3.41. The summed E-state index contributed by atoms with van der Waals surface area (Å²) >= 11 is 0. The van der Waals surface area contributed by atoms with E-state index in [0.717, 1.165) is 31.6 Å². The number of allylic oxidation sites excluding steroid dienone is 1. The molecular weight excluding hydrogens is 354 g/mol. The zero-order chi connectivity index (χ0) is 19.8. The van der Waals surface area contributed by atoms with Crippen molar-refractivity contribution in [3.05, 3.63) is 36.3 Å². The van der Waals surface area contributed by atoms with E-state index in [9.17, 15) is 9.59 Å². The molecular formula is C21H27N5O2. The van der Waals surface area contributed by atoms with Crippen LogP contribution < -0.4 is 10.6 Å². The van der Waals surface area contributed by atoms with Gasteiger partial charge < -0.3 is 15.5 Å². The van der Waals surface area contributed by atoms with Crippen molar-refractivity contribution in [2.24, 2.45) is 11.8 Å². The van der Waals surface area contributed by atoms with Crippen molar-refractivity contribution in [2.75, 3.05) is 18.4 Å². The number of anilines is 1. The summed E-state index contributed by atoms with van der Waals surface area (Å²) < 4.78 is 0. The minimum atomic E-state index is -0.100. The Hall–Kier alpha value is -2.70. The van der Waals surface area contributed by atoms with Gasteiger partial charge in [-0.1, -0.05) is 12.7 Å². The molecule has 148 valence electrons. The van der Waals surface area contributed by atoms with E-state index in [1.165, 1.54) is 6.08 Å². The van der Waals surface area contributed by atoms with Crippen molar-refractivity contribution in [3.63, 3.8) is 0 Å². The number of piperidine rings is 1. The number of nitrogens with one attached hydrogen (secondary N) is 2. The van der Waals surface area contributed by atoms with E-state index < -0.39 is 0 Å². The zero-order valence-electron chi connectivity index (χ0n) is 16.4. The molecule has 7 heteroatoms. The van der Waals surface area contributed by atoms with Crippen LogP contribution >= 0.6 is 0 Å². The van der Waals surface area contributed by atoms with Crippen molar-refractivity contribution >= 4 is 23.2 Å². The van der Waals surface area contributed by atoms with E-state index in [-0.39, 0.29) is 23.9 Å². The first kappa shape index (κ1) is 18.7. The summed E-state index contributed by atoms with van der Waals surface area (Å²) in [7, 11) is 0. The van der Waals surface area contributed by atoms with Gasteiger partial charge >= 0.3 is 0 Å². The minimum Gasteiger partial charge on any atom is -0.365 e. The van der Waals surface area contributed by atoms with Crippen molar-refractivity contribution in [3.8, 4) is 0 Å². The van der Waals surface area contributed by atoms with Crippen LogP contribution in [0.15, 0.2) is 24.9 Å². The first-order valence-corrected chi connectivity index (χ1v) is 10.0. The molecule has 0 aromatic carbocycles. The molecule has 0 spiro atoms. The molecule has 2 aliphatic carbocycles. The highest BCUT2D eigenvalue weighted by Crippen LogP contribution is 2.39. The largest absolute Gasteiger partial charge is 0.365 e. The average molecular weight is 381 g/mol. The molecule has 2 unspecified atom stereocenters. The zero-order valence-corrected chi connectivity index (χ0v) is 16.4. The maximum Gasteiger partial charge on any atom is 0.253 e.